The van der Waals surface area contributed by atoms with Crippen LogP contribution in [0.5, 0.6) is 0 Å². The first kappa shape index (κ1) is 31.2. The maximum absolute atomic E-state index is 13.2. The molecule has 0 aliphatic carbocycles. The molecular weight excluding hydrogens is 600 g/mol. The molecule has 5 rings (SSSR count). The lowest BCUT2D eigenvalue weighted by Gasteiger charge is -2.22. The molecule has 15 heteroatoms. The van der Waals surface area contributed by atoms with Crippen LogP contribution >= 0.6 is 11.6 Å². The Kier molecular flexibility index (Phi) is 10.0. The Morgan fingerprint density at radius 3 is 2.78 bits per heavy atom. The van der Waals surface area contributed by atoms with E-state index in [0.717, 1.165) is 12.0 Å². The monoisotopic (exact) mass is 632 g/mol. The highest BCUT2D eigenvalue weighted by Crippen LogP contribution is 2.33. The lowest BCUT2D eigenvalue weighted by molar-refractivity contribution is -0.138. The second-order valence-electron chi connectivity index (χ2n) is 10.3. The van der Waals surface area contributed by atoms with E-state index in [-0.39, 0.29) is 18.4 Å². The summed E-state index contributed by atoms with van der Waals surface area (Å²) in [5.74, 6) is -0.268. The largest absolute Gasteiger partial charge is 0.468 e. The van der Waals surface area contributed by atoms with Crippen molar-refractivity contribution < 1.29 is 19.1 Å². The summed E-state index contributed by atoms with van der Waals surface area (Å²) in [5.41, 5.74) is 4.04. The number of esters is 1. The second kappa shape index (κ2) is 14.5. The van der Waals surface area contributed by atoms with Crippen LogP contribution in [-0.2, 0) is 19.1 Å². The molecule has 1 aliphatic rings. The third-order valence-corrected chi connectivity index (χ3v) is 7.57. The van der Waals surface area contributed by atoms with Gasteiger partial charge in [0.2, 0.25) is 11.8 Å². The second-order valence-corrected chi connectivity index (χ2v) is 10.7. The van der Waals surface area contributed by atoms with E-state index in [1.807, 2.05) is 18.2 Å². The van der Waals surface area contributed by atoms with Crippen LogP contribution < -0.4 is 21.3 Å². The average Bonchev–Trinajstić information content (AvgIpc) is 3.76. The lowest BCUT2D eigenvalue weighted by atomic mass is 10.0. The smallest absolute Gasteiger partial charge is 0.325 e. The fourth-order valence-electron chi connectivity index (χ4n) is 5.03. The zero-order valence-corrected chi connectivity index (χ0v) is 25.5. The number of nitrogens with zero attached hydrogens (tertiary/aromatic N) is 5. The number of benzene rings is 2. The highest BCUT2D eigenvalue weighted by atomic mass is 35.5. The first-order valence-electron chi connectivity index (χ1n) is 14.3. The van der Waals surface area contributed by atoms with Gasteiger partial charge in [-0.15, -0.1) is 5.10 Å². The van der Waals surface area contributed by atoms with Crippen LogP contribution in [-0.4, -0.2) is 74.7 Å². The molecule has 2 bridgehead atoms. The van der Waals surface area contributed by atoms with E-state index in [0.29, 0.717) is 58.4 Å². The molecule has 2 aromatic carbocycles. The standard InChI is InChI=1S/C30H33ClN10O4/c1-32-30(44)23-6-4-3-5-22(37-27(42)12-7-18-13-19(31)8-11-26(18)41-17-35-39-40-41)29-34-15-25(38-29)21-10-9-20(14-24(21)36-23)33-16-28(43)45-2/h7-15,17,22-23,33,36H,3-6,16H2,1-2H3,(H,32,44)(H,34,38)(H,37,42)/b12-7+/t22-,23+/m0/s1. The molecule has 0 unspecified atom stereocenters. The molecule has 0 radical (unpaired) electrons. The maximum Gasteiger partial charge on any atom is 0.325 e. The topological polar surface area (TPSA) is 181 Å². The molecule has 0 saturated heterocycles. The number of aromatic amines is 1. The van der Waals surface area contributed by atoms with Crippen molar-refractivity contribution in [3.05, 3.63) is 71.4 Å². The number of hydrogen-bond acceptors (Lipinski definition) is 10. The Morgan fingerprint density at radius 1 is 1.16 bits per heavy atom. The van der Waals surface area contributed by atoms with Crippen molar-refractivity contribution in [2.24, 2.45) is 0 Å². The van der Waals surface area contributed by atoms with Gasteiger partial charge in [-0.05, 0) is 65.7 Å². The minimum absolute atomic E-state index is 0.00712. The Morgan fingerprint density at radius 2 is 2.00 bits per heavy atom. The minimum Gasteiger partial charge on any atom is -0.468 e. The van der Waals surface area contributed by atoms with Gasteiger partial charge in [-0.2, -0.15) is 4.68 Å². The molecule has 5 N–H and O–H groups in total. The number of H-pyrrole nitrogens is 1. The van der Waals surface area contributed by atoms with Gasteiger partial charge in [0.05, 0.1) is 24.5 Å². The molecule has 2 amide bonds. The van der Waals surface area contributed by atoms with Crippen molar-refractivity contribution in [3.8, 4) is 16.9 Å². The number of nitrogens with one attached hydrogen (secondary N) is 5. The fourth-order valence-corrected chi connectivity index (χ4v) is 5.21. The van der Waals surface area contributed by atoms with Crippen LogP contribution in [0.4, 0.5) is 11.4 Å². The number of tetrazole rings is 1. The predicted molar refractivity (Wildman–Crippen MR) is 169 cm³/mol. The summed E-state index contributed by atoms with van der Waals surface area (Å²) in [6, 6.07) is 9.80. The van der Waals surface area contributed by atoms with Crippen molar-refractivity contribution in [2.45, 2.75) is 37.8 Å². The average molecular weight is 633 g/mol. The number of methoxy groups -OCH3 is 1. The number of halogens is 1. The lowest BCUT2D eigenvalue weighted by Crippen LogP contribution is -2.38. The van der Waals surface area contributed by atoms with Gasteiger partial charge in [0.25, 0.3) is 0 Å². The fraction of sp³-hybridized carbons (Fsp3) is 0.300. The Hall–Kier alpha value is -5.24. The number of rotatable bonds is 8. The summed E-state index contributed by atoms with van der Waals surface area (Å²) in [7, 11) is 2.93. The first-order chi connectivity index (χ1) is 21.8. The van der Waals surface area contributed by atoms with Gasteiger partial charge in [0, 0.05) is 46.8 Å². The Balaban J connectivity index is 1.40. The van der Waals surface area contributed by atoms with Crippen LogP contribution in [0.15, 0.2) is 55.0 Å². The first-order valence-corrected chi connectivity index (χ1v) is 14.7. The van der Waals surface area contributed by atoms with Gasteiger partial charge in [-0.3, -0.25) is 14.4 Å². The summed E-state index contributed by atoms with van der Waals surface area (Å²) < 4.78 is 6.22. The van der Waals surface area contributed by atoms with E-state index < -0.39 is 18.1 Å². The van der Waals surface area contributed by atoms with Crippen LogP contribution in [0, 0.1) is 0 Å². The predicted octanol–water partition coefficient (Wildman–Crippen LogP) is 3.26. The molecule has 4 aromatic rings. The highest BCUT2D eigenvalue weighted by Gasteiger charge is 2.23. The van der Waals surface area contributed by atoms with Gasteiger partial charge < -0.3 is 31.0 Å². The number of aromatic nitrogens is 6. The molecule has 2 atom stereocenters. The summed E-state index contributed by atoms with van der Waals surface area (Å²) in [5, 5.41) is 24.0. The number of ether oxygens (including phenoxy) is 1. The van der Waals surface area contributed by atoms with Crippen LogP contribution in [0.25, 0.3) is 23.0 Å². The number of anilines is 2. The van der Waals surface area contributed by atoms with Crippen LogP contribution in [0.2, 0.25) is 5.02 Å². The van der Waals surface area contributed by atoms with E-state index >= 15 is 0 Å². The van der Waals surface area contributed by atoms with Crippen LogP contribution in [0.1, 0.15) is 43.1 Å². The van der Waals surface area contributed by atoms with Gasteiger partial charge in [-0.1, -0.05) is 24.4 Å². The molecule has 0 fully saturated rings. The van der Waals surface area contributed by atoms with Gasteiger partial charge in [0.1, 0.15) is 24.7 Å². The third-order valence-electron chi connectivity index (χ3n) is 7.33. The summed E-state index contributed by atoms with van der Waals surface area (Å²) in [4.78, 5) is 45.7. The number of imidazole rings is 1. The summed E-state index contributed by atoms with van der Waals surface area (Å²) in [6.45, 7) is -0.00712. The highest BCUT2D eigenvalue weighted by molar-refractivity contribution is 6.30. The molecule has 0 saturated carbocycles. The maximum atomic E-state index is 13.2. The van der Waals surface area contributed by atoms with Crippen molar-refractivity contribution >= 4 is 46.8 Å². The number of amides is 2. The molecule has 2 aromatic heterocycles. The zero-order chi connectivity index (χ0) is 31.8. The van der Waals surface area contributed by atoms with Gasteiger partial charge >= 0.3 is 5.97 Å². The molecular formula is C30H33ClN10O4. The molecule has 45 heavy (non-hydrogen) atoms. The summed E-state index contributed by atoms with van der Waals surface area (Å²) in [6.07, 6.45) is 8.92. The molecule has 1 aliphatic heterocycles. The van der Waals surface area contributed by atoms with E-state index in [4.69, 9.17) is 21.3 Å². The number of carbonyl (C=O) groups is 3. The Labute approximate surface area is 264 Å². The van der Waals surface area contributed by atoms with E-state index in [9.17, 15) is 14.4 Å². The summed E-state index contributed by atoms with van der Waals surface area (Å²) >= 11 is 6.22. The number of fused-ring (bicyclic) bond motifs is 4. The van der Waals surface area contributed by atoms with E-state index in [2.05, 4.69) is 41.8 Å². The van der Waals surface area contributed by atoms with Crippen LogP contribution in [0.3, 0.4) is 0 Å². The third kappa shape index (κ3) is 7.84. The molecule has 14 nitrogen and oxygen atoms in total. The minimum atomic E-state index is -0.509. The quantitative estimate of drug-likeness (QED) is 0.143. The van der Waals surface area contributed by atoms with Crippen molar-refractivity contribution in [3.63, 3.8) is 0 Å². The van der Waals surface area contributed by atoms with E-state index in [1.165, 1.54) is 24.2 Å². The normalized spacial score (nSPS) is 16.4. The number of likely N-dealkylation sites (N-methyl/N-ethyl adjacent to an activating group) is 1. The van der Waals surface area contributed by atoms with Crippen molar-refractivity contribution in [1.82, 2.24) is 40.8 Å². The van der Waals surface area contributed by atoms with Gasteiger partial charge in [-0.25, -0.2) is 4.98 Å². The molecule has 3 heterocycles. The van der Waals surface area contributed by atoms with E-state index in [1.54, 1.807) is 37.5 Å². The van der Waals surface area contributed by atoms with Crippen molar-refractivity contribution in [1.29, 1.82) is 0 Å². The van der Waals surface area contributed by atoms with Crippen molar-refractivity contribution in [2.75, 3.05) is 31.3 Å². The number of carbonyl (C=O) groups excluding carboxylic acids is 3. The SMILES string of the molecule is CNC(=O)[C@H]1CCCC[C@H](NC(=O)/C=C/c2cc(Cl)ccc2-n2cnnn2)c2nc(c[nH]2)-c2ccc(NCC(=O)OC)cc2N1. The number of hydrogen-bond donors (Lipinski definition) is 5. The van der Waals surface area contributed by atoms with Gasteiger partial charge in [0.15, 0.2) is 0 Å². The molecule has 0 spiro atoms. The Bertz CT molecular complexity index is 1690. The zero-order valence-electron chi connectivity index (χ0n) is 24.7. The molecule has 234 valence electrons.